The molecule has 2 atom stereocenters. The average Bonchev–Trinajstić information content (AvgIpc) is 2.38. The molecule has 0 aromatic carbocycles. The van der Waals surface area contributed by atoms with Crippen molar-refractivity contribution in [2.75, 3.05) is 13.2 Å². The lowest BCUT2D eigenvalue weighted by atomic mass is 9.77. The smallest absolute Gasteiger partial charge is 0.310 e. The molecule has 0 radical (unpaired) electrons. The maximum Gasteiger partial charge on any atom is 0.310 e. The predicted molar refractivity (Wildman–Crippen MR) is 88.3 cm³/mol. The molecule has 0 amide bonds. The Morgan fingerprint density at radius 3 is 1.09 bits per heavy atom. The molecule has 0 N–H and O–H groups in total. The van der Waals surface area contributed by atoms with Gasteiger partial charge < -0.3 is 9.47 Å². The quantitative estimate of drug-likeness (QED) is 0.605. The van der Waals surface area contributed by atoms with Crippen LogP contribution in [0.2, 0.25) is 0 Å². The first-order valence-corrected chi connectivity index (χ1v) is 8.41. The molecule has 0 spiro atoms. The average molecular weight is 314 g/mol. The minimum absolute atomic E-state index is 0.0265. The van der Waals surface area contributed by atoms with Gasteiger partial charge in [-0.05, 0) is 23.7 Å². The molecule has 0 saturated heterocycles. The zero-order valence-corrected chi connectivity index (χ0v) is 15.5. The minimum atomic E-state index is -0.460. The monoisotopic (exact) mass is 314 g/mol. The molecule has 0 rings (SSSR count). The van der Waals surface area contributed by atoms with Crippen molar-refractivity contribution >= 4 is 11.9 Å². The van der Waals surface area contributed by atoms with E-state index in [2.05, 4.69) is 0 Å². The van der Waals surface area contributed by atoms with Crippen LogP contribution in [0.3, 0.4) is 0 Å². The Kier molecular flexibility index (Phi) is 9.38. The molecule has 130 valence electrons. The number of esters is 2. The molecular weight excluding hydrogens is 280 g/mol. The van der Waals surface area contributed by atoms with Crippen LogP contribution < -0.4 is 0 Å². The van der Waals surface area contributed by atoms with Crippen molar-refractivity contribution in [3.05, 3.63) is 0 Å². The molecule has 0 aliphatic rings. The first kappa shape index (κ1) is 20.9. The van der Waals surface area contributed by atoms with Crippen LogP contribution in [0.5, 0.6) is 0 Å². The van der Waals surface area contributed by atoms with Crippen LogP contribution in [0.25, 0.3) is 0 Å². The van der Waals surface area contributed by atoms with Crippen LogP contribution in [-0.2, 0) is 19.1 Å². The molecule has 0 aromatic rings. The van der Waals surface area contributed by atoms with Crippen LogP contribution in [0.1, 0.15) is 55.4 Å². The third-order valence-corrected chi connectivity index (χ3v) is 3.49. The molecule has 0 fully saturated rings. The maximum absolute atomic E-state index is 12.4. The maximum atomic E-state index is 12.4. The van der Waals surface area contributed by atoms with Crippen molar-refractivity contribution in [3.8, 4) is 0 Å². The van der Waals surface area contributed by atoms with E-state index in [-0.39, 0.29) is 35.6 Å². The lowest BCUT2D eigenvalue weighted by Crippen LogP contribution is -2.39. The van der Waals surface area contributed by atoms with Crippen LogP contribution in [0, 0.1) is 35.5 Å². The predicted octanol–water partition coefficient (Wildman–Crippen LogP) is 3.93. The normalized spacial score (nSPS) is 14.5. The van der Waals surface area contributed by atoms with Gasteiger partial charge >= 0.3 is 11.9 Å². The highest BCUT2D eigenvalue weighted by molar-refractivity contribution is 5.82. The molecule has 0 aromatic heterocycles. The summed E-state index contributed by atoms with van der Waals surface area (Å²) in [7, 11) is 0. The van der Waals surface area contributed by atoms with Gasteiger partial charge in [0.25, 0.3) is 0 Å². The van der Waals surface area contributed by atoms with Gasteiger partial charge in [0, 0.05) is 0 Å². The van der Waals surface area contributed by atoms with E-state index in [9.17, 15) is 9.59 Å². The summed E-state index contributed by atoms with van der Waals surface area (Å²) in [5.74, 6) is -0.883. The van der Waals surface area contributed by atoms with Crippen molar-refractivity contribution in [2.45, 2.75) is 55.4 Å². The highest BCUT2D eigenvalue weighted by Gasteiger charge is 2.40. The summed E-state index contributed by atoms with van der Waals surface area (Å²) in [5, 5.41) is 0. The van der Waals surface area contributed by atoms with E-state index in [1.54, 1.807) is 0 Å². The van der Waals surface area contributed by atoms with Crippen molar-refractivity contribution in [1.29, 1.82) is 0 Å². The summed E-state index contributed by atoms with van der Waals surface area (Å²) in [6.45, 7) is 16.5. The topological polar surface area (TPSA) is 52.6 Å². The molecule has 0 unspecified atom stereocenters. The minimum Gasteiger partial charge on any atom is -0.465 e. The van der Waals surface area contributed by atoms with Crippen LogP contribution in [0.15, 0.2) is 0 Å². The standard InChI is InChI=1S/C18H34O4/c1-11(2)9-21-17(19)15(13(5)6)16(14(7)8)18(20)22-10-12(3)4/h11-16H,9-10H2,1-8H3/t15-,16+. The van der Waals surface area contributed by atoms with Crippen molar-refractivity contribution < 1.29 is 19.1 Å². The lowest BCUT2D eigenvalue weighted by molar-refractivity contribution is -0.166. The second-order valence-corrected chi connectivity index (χ2v) is 7.59. The van der Waals surface area contributed by atoms with Gasteiger partial charge in [-0.1, -0.05) is 55.4 Å². The van der Waals surface area contributed by atoms with Crippen LogP contribution >= 0.6 is 0 Å². The molecule has 0 heterocycles. The fourth-order valence-electron chi connectivity index (χ4n) is 2.36. The summed E-state index contributed by atoms with van der Waals surface area (Å²) < 4.78 is 10.8. The Hall–Kier alpha value is -1.06. The van der Waals surface area contributed by atoms with Gasteiger partial charge in [-0.3, -0.25) is 9.59 Å². The van der Waals surface area contributed by atoms with Crippen molar-refractivity contribution in [3.63, 3.8) is 0 Å². The van der Waals surface area contributed by atoms with Gasteiger partial charge in [-0.15, -0.1) is 0 Å². The Balaban J connectivity index is 5.10. The third kappa shape index (κ3) is 7.28. The van der Waals surface area contributed by atoms with E-state index in [1.165, 1.54) is 0 Å². The lowest BCUT2D eigenvalue weighted by Gasteiger charge is -2.30. The summed E-state index contributed by atoms with van der Waals surface area (Å²) in [6, 6.07) is 0. The Labute approximate surface area is 135 Å². The molecule has 0 aliphatic heterocycles. The van der Waals surface area contributed by atoms with E-state index in [4.69, 9.17) is 9.47 Å². The highest BCUT2D eigenvalue weighted by Crippen LogP contribution is 2.30. The Bertz CT molecular complexity index is 311. The molecule has 22 heavy (non-hydrogen) atoms. The van der Waals surface area contributed by atoms with Gasteiger partial charge in [0.15, 0.2) is 0 Å². The van der Waals surface area contributed by atoms with Crippen LogP contribution in [0.4, 0.5) is 0 Å². The number of hydrogen-bond acceptors (Lipinski definition) is 4. The number of ether oxygens (including phenoxy) is 2. The number of carbonyl (C=O) groups is 2. The molecular formula is C18H34O4. The van der Waals surface area contributed by atoms with Crippen LogP contribution in [-0.4, -0.2) is 25.2 Å². The van der Waals surface area contributed by atoms with E-state index >= 15 is 0 Å². The second kappa shape index (κ2) is 9.86. The zero-order chi connectivity index (χ0) is 17.4. The number of rotatable bonds is 9. The molecule has 0 aliphatic carbocycles. The molecule has 0 bridgehead atoms. The van der Waals surface area contributed by atoms with Gasteiger partial charge in [0.05, 0.1) is 25.0 Å². The summed E-state index contributed by atoms with van der Waals surface area (Å²) in [5.41, 5.74) is 0. The van der Waals surface area contributed by atoms with Crippen molar-refractivity contribution in [1.82, 2.24) is 0 Å². The fourth-order valence-corrected chi connectivity index (χ4v) is 2.36. The summed E-state index contributed by atoms with van der Waals surface area (Å²) in [4.78, 5) is 24.9. The first-order valence-electron chi connectivity index (χ1n) is 8.41. The van der Waals surface area contributed by atoms with E-state index < -0.39 is 11.8 Å². The van der Waals surface area contributed by atoms with Gasteiger partial charge in [0.1, 0.15) is 0 Å². The highest BCUT2D eigenvalue weighted by atomic mass is 16.5. The number of hydrogen-bond donors (Lipinski definition) is 0. The van der Waals surface area contributed by atoms with Gasteiger partial charge in [-0.25, -0.2) is 0 Å². The zero-order valence-electron chi connectivity index (χ0n) is 15.5. The van der Waals surface area contributed by atoms with E-state index in [1.807, 2.05) is 55.4 Å². The van der Waals surface area contributed by atoms with E-state index in [0.29, 0.717) is 13.2 Å². The SMILES string of the molecule is CC(C)COC(=O)[C@H](C(C)C)[C@@H](C(=O)OCC(C)C)C(C)C. The Morgan fingerprint density at radius 2 is 0.909 bits per heavy atom. The second-order valence-electron chi connectivity index (χ2n) is 7.59. The summed E-state index contributed by atoms with van der Waals surface area (Å²) in [6.07, 6.45) is 0. The van der Waals surface area contributed by atoms with Gasteiger partial charge in [-0.2, -0.15) is 0 Å². The molecule has 4 nitrogen and oxygen atoms in total. The number of carbonyl (C=O) groups excluding carboxylic acids is 2. The van der Waals surface area contributed by atoms with Crippen molar-refractivity contribution in [2.24, 2.45) is 35.5 Å². The first-order chi connectivity index (χ1) is 10.1. The molecule has 0 saturated carbocycles. The summed E-state index contributed by atoms with van der Waals surface area (Å²) >= 11 is 0. The van der Waals surface area contributed by atoms with E-state index in [0.717, 1.165) is 0 Å². The molecule has 4 heteroatoms. The largest absolute Gasteiger partial charge is 0.465 e. The van der Waals surface area contributed by atoms with Gasteiger partial charge in [0.2, 0.25) is 0 Å². The Morgan fingerprint density at radius 1 is 0.636 bits per heavy atom. The fraction of sp³-hybridized carbons (Fsp3) is 0.889. The third-order valence-electron chi connectivity index (χ3n) is 3.49.